The number of methoxy groups -OCH3 is 1. The van der Waals surface area contributed by atoms with Crippen LogP contribution in [0.3, 0.4) is 0 Å². The lowest BCUT2D eigenvalue weighted by atomic mass is 10.4. The zero-order valence-electron chi connectivity index (χ0n) is 9.49. The Hall–Kier alpha value is -1.27. The first kappa shape index (κ1) is 12.8. The van der Waals surface area contributed by atoms with E-state index in [4.69, 9.17) is 17.0 Å². The summed E-state index contributed by atoms with van der Waals surface area (Å²) in [6.45, 7) is 3.81. The second kappa shape index (κ2) is 7.08. The summed E-state index contributed by atoms with van der Waals surface area (Å²) in [4.78, 5) is 8.36. The van der Waals surface area contributed by atoms with Gasteiger partial charge in [-0.3, -0.25) is 9.97 Å². The van der Waals surface area contributed by atoms with Crippen LogP contribution in [0.4, 0.5) is 0 Å². The molecular weight excluding hydrogens is 224 g/mol. The van der Waals surface area contributed by atoms with Crippen LogP contribution in [0.25, 0.3) is 0 Å². The van der Waals surface area contributed by atoms with Gasteiger partial charge < -0.3 is 15.4 Å². The van der Waals surface area contributed by atoms with Crippen LogP contribution in [0.2, 0.25) is 0 Å². The van der Waals surface area contributed by atoms with E-state index in [1.165, 1.54) is 0 Å². The number of rotatable bonds is 5. The van der Waals surface area contributed by atoms with Crippen LogP contribution in [-0.2, 0) is 11.3 Å². The molecule has 0 fully saturated rings. The lowest BCUT2D eigenvalue weighted by Gasteiger charge is -2.09. The zero-order chi connectivity index (χ0) is 11.8. The van der Waals surface area contributed by atoms with E-state index in [9.17, 15) is 0 Å². The quantitative estimate of drug-likeness (QED) is 0.574. The number of thiocarbonyl (C=S) groups is 1. The summed E-state index contributed by atoms with van der Waals surface area (Å²) in [5.74, 6) is 0. The molecule has 0 spiro atoms. The molecule has 5 nitrogen and oxygen atoms in total. The molecule has 6 heteroatoms. The molecule has 0 aliphatic rings. The Kier molecular flexibility index (Phi) is 5.66. The van der Waals surface area contributed by atoms with Crippen molar-refractivity contribution < 1.29 is 4.74 Å². The predicted molar refractivity (Wildman–Crippen MR) is 66.1 cm³/mol. The number of nitrogens with one attached hydrogen (secondary N) is 2. The van der Waals surface area contributed by atoms with Gasteiger partial charge in [-0.05, 0) is 19.1 Å². The predicted octanol–water partition coefficient (Wildman–Crippen LogP) is 0.396. The van der Waals surface area contributed by atoms with Crippen LogP contribution in [0.15, 0.2) is 12.4 Å². The number of hydrogen-bond acceptors (Lipinski definition) is 4. The largest absolute Gasteiger partial charge is 0.383 e. The van der Waals surface area contributed by atoms with Gasteiger partial charge in [0, 0.05) is 19.9 Å². The van der Waals surface area contributed by atoms with E-state index in [1.54, 1.807) is 19.5 Å². The van der Waals surface area contributed by atoms with Crippen molar-refractivity contribution in [2.45, 2.75) is 13.5 Å². The maximum absolute atomic E-state index is 5.07. The highest BCUT2D eigenvalue weighted by Gasteiger charge is 1.97. The second-order valence-corrected chi connectivity index (χ2v) is 3.66. The zero-order valence-corrected chi connectivity index (χ0v) is 10.3. The van der Waals surface area contributed by atoms with Crippen molar-refractivity contribution in [3.05, 3.63) is 23.8 Å². The van der Waals surface area contributed by atoms with E-state index < -0.39 is 0 Å². The standard InChI is InChI=1S/C10H16N4OS/c1-8-5-13-9(6-12-8)7-14-10(16)11-3-4-15-2/h5-6H,3-4,7H2,1-2H3,(H2,11,14,16). The highest BCUT2D eigenvalue weighted by Crippen LogP contribution is 1.92. The molecule has 88 valence electrons. The lowest BCUT2D eigenvalue weighted by Crippen LogP contribution is -2.36. The van der Waals surface area contributed by atoms with Gasteiger partial charge in [-0.15, -0.1) is 0 Å². The van der Waals surface area contributed by atoms with Gasteiger partial charge in [-0.25, -0.2) is 0 Å². The first-order valence-electron chi connectivity index (χ1n) is 5.00. The molecule has 0 amide bonds. The summed E-state index contributed by atoms with van der Waals surface area (Å²) in [6.07, 6.45) is 3.47. The van der Waals surface area contributed by atoms with Gasteiger partial charge in [-0.1, -0.05) is 0 Å². The first-order chi connectivity index (χ1) is 7.72. The fourth-order valence-electron chi connectivity index (χ4n) is 1.01. The third-order valence-electron chi connectivity index (χ3n) is 1.86. The lowest BCUT2D eigenvalue weighted by molar-refractivity contribution is 0.204. The van der Waals surface area contributed by atoms with E-state index in [1.807, 2.05) is 6.92 Å². The first-order valence-corrected chi connectivity index (χ1v) is 5.41. The van der Waals surface area contributed by atoms with E-state index in [-0.39, 0.29) is 0 Å². The highest BCUT2D eigenvalue weighted by molar-refractivity contribution is 7.80. The molecule has 2 N–H and O–H groups in total. The molecule has 16 heavy (non-hydrogen) atoms. The SMILES string of the molecule is COCCNC(=S)NCc1cnc(C)cn1. The fourth-order valence-corrected chi connectivity index (χ4v) is 1.18. The molecule has 0 saturated carbocycles. The Balaban J connectivity index is 2.23. The van der Waals surface area contributed by atoms with E-state index >= 15 is 0 Å². The van der Waals surface area contributed by atoms with Crippen LogP contribution in [0.1, 0.15) is 11.4 Å². The van der Waals surface area contributed by atoms with Crippen LogP contribution in [0.5, 0.6) is 0 Å². The van der Waals surface area contributed by atoms with Gasteiger partial charge in [-0.2, -0.15) is 0 Å². The average Bonchev–Trinajstić information content (AvgIpc) is 2.29. The smallest absolute Gasteiger partial charge is 0.166 e. The number of ether oxygens (including phenoxy) is 1. The molecule has 0 unspecified atom stereocenters. The van der Waals surface area contributed by atoms with Crippen molar-refractivity contribution >= 4 is 17.3 Å². The summed E-state index contributed by atoms with van der Waals surface area (Å²) >= 11 is 5.07. The number of hydrogen-bond donors (Lipinski definition) is 2. The molecule has 0 aliphatic carbocycles. The van der Waals surface area contributed by atoms with Gasteiger partial charge in [0.25, 0.3) is 0 Å². The number of aromatic nitrogens is 2. The normalized spacial score (nSPS) is 9.88. The molecule has 1 aromatic rings. The summed E-state index contributed by atoms with van der Waals surface area (Å²) in [5, 5.41) is 6.65. The minimum atomic E-state index is 0.575. The highest BCUT2D eigenvalue weighted by atomic mass is 32.1. The van der Waals surface area contributed by atoms with Crippen molar-refractivity contribution in [2.75, 3.05) is 20.3 Å². The van der Waals surface area contributed by atoms with Gasteiger partial charge in [0.2, 0.25) is 0 Å². The Labute approximate surface area is 101 Å². The van der Waals surface area contributed by atoms with Crippen LogP contribution in [0, 0.1) is 6.92 Å². The molecule has 1 heterocycles. The van der Waals surface area contributed by atoms with Crippen molar-refractivity contribution in [1.29, 1.82) is 0 Å². The maximum atomic E-state index is 5.07. The van der Waals surface area contributed by atoms with Crippen molar-refractivity contribution in [2.24, 2.45) is 0 Å². The Morgan fingerprint density at radius 2 is 2.19 bits per heavy atom. The summed E-state index contributed by atoms with van der Waals surface area (Å²) in [6, 6.07) is 0. The Morgan fingerprint density at radius 3 is 2.81 bits per heavy atom. The molecule has 1 aromatic heterocycles. The summed E-state index contributed by atoms with van der Waals surface area (Å²) < 4.78 is 4.90. The molecule has 0 saturated heterocycles. The van der Waals surface area contributed by atoms with Gasteiger partial charge in [0.1, 0.15) is 0 Å². The second-order valence-electron chi connectivity index (χ2n) is 3.25. The third kappa shape index (κ3) is 4.99. The molecule has 0 aromatic carbocycles. The van der Waals surface area contributed by atoms with Gasteiger partial charge in [0.05, 0.1) is 30.7 Å². The van der Waals surface area contributed by atoms with E-state index in [0.29, 0.717) is 24.8 Å². The third-order valence-corrected chi connectivity index (χ3v) is 2.14. The molecular formula is C10H16N4OS. The summed E-state index contributed by atoms with van der Waals surface area (Å²) in [7, 11) is 1.65. The number of aryl methyl sites for hydroxylation is 1. The average molecular weight is 240 g/mol. The van der Waals surface area contributed by atoms with Gasteiger partial charge in [0.15, 0.2) is 5.11 Å². The Morgan fingerprint density at radius 1 is 1.38 bits per heavy atom. The molecule has 0 radical (unpaired) electrons. The maximum Gasteiger partial charge on any atom is 0.166 e. The summed E-state index contributed by atoms with van der Waals surface area (Å²) in [5.41, 5.74) is 1.77. The van der Waals surface area contributed by atoms with Crippen molar-refractivity contribution in [3.63, 3.8) is 0 Å². The van der Waals surface area contributed by atoms with Gasteiger partial charge >= 0.3 is 0 Å². The number of nitrogens with zero attached hydrogens (tertiary/aromatic N) is 2. The van der Waals surface area contributed by atoms with Crippen molar-refractivity contribution in [1.82, 2.24) is 20.6 Å². The fraction of sp³-hybridized carbons (Fsp3) is 0.500. The molecule has 0 atom stereocenters. The monoisotopic (exact) mass is 240 g/mol. The minimum Gasteiger partial charge on any atom is -0.383 e. The van der Waals surface area contributed by atoms with Crippen molar-refractivity contribution in [3.8, 4) is 0 Å². The van der Waals surface area contributed by atoms with Crippen LogP contribution >= 0.6 is 12.2 Å². The van der Waals surface area contributed by atoms with E-state index in [0.717, 1.165) is 11.4 Å². The molecule has 1 rings (SSSR count). The van der Waals surface area contributed by atoms with Crippen LogP contribution in [-0.4, -0.2) is 35.3 Å². The Bertz CT molecular complexity index is 328. The molecule has 0 aliphatic heterocycles. The topological polar surface area (TPSA) is 59.1 Å². The van der Waals surface area contributed by atoms with Crippen LogP contribution < -0.4 is 10.6 Å². The molecule has 0 bridgehead atoms. The van der Waals surface area contributed by atoms with E-state index in [2.05, 4.69) is 20.6 Å². The minimum absolute atomic E-state index is 0.575.